The summed E-state index contributed by atoms with van der Waals surface area (Å²) in [7, 11) is -4.00. The van der Waals surface area contributed by atoms with E-state index in [2.05, 4.69) is 15.8 Å². The Morgan fingerprint density at radius 1 is 0.857 bits per heavy atom. The van der Waals surface area contributed by atoms with Crippen molar-refractivity contribution in [1.29, 1.82) is 0 Å². The van der Waals surface area contributed by atoms with Crippen molar-refractivity contribution < 1.29 is 22.7 Å². The van der Waals surface area contributed by atoms with Crippen LogP contribution in [0.25, 0.3) is 0 Å². The number of hydrazone groups is 1. The van der Waals surface area contributed by atoms with E-state index in [-0.39, 0.29) is 23.5 Å². The highest BCUT2D eigenvalue weighted by Gasteiger charge is 2.27. The largest absolute Gasteiger partial charge is 0.484 e. The fraction of sp³-hybridized carbons (Fsp3) is 0.156. The van der Waals surface area contributed by atoms with Gasteiger partial charge in [0.2, 0.25) is 0 Å². The molecular weight excluding hydrogens is 552 g/mol. The maximum atomic E-state index is 13.4. The molecule has 9 nitrogen and oxygen atoms in total. The van der Waals surface area contributed by atoms with E-state index < -0.39 is 22.5 Å². The highest BCUT2D eigenvalue weighted by atomic mass is 32.2. The Labute approximate surface area is 245 Å². The van der Waals surface area contributed by atoms with E-state index in [1.165, 1.54) is 18.3 Å². The van der Waals surface area contributed by atoms with Crippen LogP contribution in [0, 0.1) is 6.92 Å². The van der Waals surface area contributed by atoms with Gasteiger partial charge in [0.25, 0.3) is 21.8 Å². The van der Waals surface area contributed by atoms with Crippen LogP contribution in [-0.4, -0.2) is 39.6 Å². The Morgan fingerprint density at radius 2 is 1.48 bits per heavy atom. The van der Waals surface area contributed by atoms with Gasteiger partial charge in [0.05, 0.1) is 22.8 Å². The number of para-hydroxylation sites is 1. The third-order valence-electron chi connectivity index (χ3n) is 6.27. The van der Waals surface area contributed by atoms with Crippen LogP contribution >= 0.6 is 0 Å². The van der Waals surface area contributed by atoms with Gasteiger partial charge < -0.3 is 10.1 Å². The van der Waals surface area contributed by atoms with Crippen molar-refractivity contribution in [3.63, 3.8) is 0 Å². The van der Waals surface area contributed by atoms with E-state index in [1.807, 2.05) is 44.2 Å². The summed E-state index contributed by atoms with van der Waals surface area (Å²) in [6.45, 7) is 3.17. The van der Waals surface area contributed by atoms with Gasteiger partial charge >= 0.3 is 0 Å². The number of nitrogens with zero attached hydrogens (tertiary/aromatic N) is 2. The van der Waals surface area contributed by atoms with Crippen LogP contribution in [0.2, 0.25) is 0 Å². The number of anilines is 1. The monoisotopic (exact) mass is 584 g/mol. The van der Waals surface area contributed by atoms with Crippen molar-refractivity contribution >= 4 is 33.7 Å². The Balaban J connectivity index is 1.31. The highest BCUT2D eigenvalue weighted by Crippen LogP contribution is 2.23. The number of hydrogen-bond donors (Lipinski definition) is 2. The highest BCUT2D eigenvalue weighted by molar-refractivity contribution is 7.92. The molecule has 0 aliphatic carbocycles. The second-order valence-corrected chi connectivity index (χ2v) is 11.4. The molecule has 1 atom stereocenters. The zero-order valence-corrected chi connectivity index (χ0v) is 24.1. The first kappa shape index (κ1) is 30.0. The zero-order chi connectivity index (χ0) is 30.0. The first-order valence-electron chi connectivity index (χ1n) is 13.3. The number of sulfonamides is 1. The zero-order valence-electron chi connectivity index (χ0n) is 23.3. The number of carbonyl (C=O) groups is 2. The summed E-state index contributed by atoms with van der Waals surface area (Å²) in [5.41, 5.74) is 5.34. The minimum absolute atomic E-state index is 0.0822. The molecule has 2 amide bonds. The van der Waals surface area contributed by atoms with Crippen LogP contribution < -0.4 is 19.8 Å². The minimum atomic E-state index is -4.00. The molecule has 10 heteroatoms. The number of hydrogen-bond acceptors (Lipinski definition) is 6. The van der Waals surface area contributed by atoms with Crippen LogP contribution in [0.15, 0.2) is 119 Å². The Kier molecular flexibility index (Phi) is 10.1. The van der Waals surface area contributed by atoms with Gasteiger partial charge in [-0.05, 0) is 73.5 Å². The van der Waals surface area contributed by atoms with Gasteiger partial charge in [0.15, 0.2) is 6.61 Å². The van der Waals surface area contributed by atoms with Crippen LogP contribution in [0.3, 0.4) is 0 Å². The van der Waals surface area contributed by atoms with Gasteiger partial charge in [-0.15, -0.1) is 0 Å². The fourth-order valence-electron chi connectivity index (χ4n) is 4.00. The third kappa shape index (κ3) is 8.28. The average Bonchev–Trinajstić information content (AvgIpc) is 3.00. The molecule has 216 valence electrons. The summed E-state index contributed by atoms with van der Waals surface area (Å²) in [5.74, 6) is -0.353. The van der Waals surface area contributed by atoms with Crippen molar-refractivity contribution in [3.8, 4) is 5.75 Å². The standard InChI is InChI=1S/C32H32N4O5S/c1-24-13-19-30(20-14-24)42(39,40)36(28-11-7-4-8-12-28)22-31(37)35-33-21-26-15-17-29(18-16-26)41-23-32(38)34-25(2)27-9-5-3-6-10-27/h3-21,25H,22-23H2,1-2H3,(H,34,38)(H,35,37)/b33-21-/t25-/m0/s1. The number of benzene rings is 4. The molecule has 0 saturated carbocycles. The van der Waals surface area contributed by atoms with Crippen molar-refractivity contribution in [2.45, 2.75) is 24.8 Å². The molecule has 0 aliphatic heterocycles. The van der Waals surface area contributed by atoms with E-state index >= 15 is 0 Å². The molecule has 4 aromatic carbocycles. The van der Waals surface area contributed by atoms with E-state index in [9.17, 15) is 18.0 Å². The van der Waals surface area contributed by atoms with E-state index in [0.29, 0.717) is 17.0 Å². The second-order valence-electron chi connectivity index (χ2n) is 9.51. The summed E-state index contributed by atoms with van der Waals surface area (Å²) < 4.78 is 33.4. The smallest absolute Gasteiger partial charge is 0.264 e. The molecule has 4 aromatic rings. The quantitative estimate of drug-likeness (QED) is 0.187. The summed E-state index contributed by atoms with van der Waals surface area (Å²) in [4.78, 5) is 25.1. The summed E-state index contributed by atoms with van der Waals surface area (Å²) >= 11 is 0. The summed E-state index contributed by atoms with van der Waals surface area (Å²) in [6, 6.07) is 31.2. The molecule has 0 unspecified atom stereocenters. The van der Waals surface area contributed by atoms with Crippen molar-refractivity contribution in [1.82, 2.24) is 10.7 Å². The Hall–Kier alpha value is -4.96. The van der Waals surface area contributed by atoms with Crippen molar-refractivity contribution in [2.24, 2.45) is 5.10 Å². The summed E-state index contributed by atoms with van der Waals surface area (Å²) in [6.07, 6.45) is 1.43. The van der Waals surface area contributed by atoms with E-state index in [4.69, 9.17) is 4.74 Å². The lowest BCUT2D eigenvalue weighted by Gasteiger charge is -2.23. The first-order chi connectivity index (χ1) is 20.2. The maximum absolute atomic E-state index is 13.4. The number of aryl methyl sites for hydroxylation is 1. The van der Waals surface area contributed by atoms with Crippen LogP contribution in [0.1, 0.15) is 29.7 Å². The second kappa shape index (κ2) is 14.1. The predicted molar refractivity (Wildman–Crippen MR) is 163 cm³/mol. The SMILES string of the molecule is Cc1ccc(S(=O)(=O)N(CC(=O)N/N=C\c2ccc(OCC(=O)N[C@@H](C)c3ccccc3)cc2)c2ccccc2)cc1. The van der Waals surface area contributed by atoms with Gasteiger partial charge in [-0.25, -0.2) is 13.8 Å². The fourth-order valence-corrected chi connectivity index (χ4v) is 5.42. The molecule has 4 rings (SSSR count). The molecule has 0 spiro atoms. The molecule has 0 aromatic heterocycles. The van der Waals surface area contributed by atoms with Crippen molar-refractivity contribution in [3.05, 3.63) is 126 Å². The number of nitrogens with one attached hydrogen (secondary N) is 2. The van der Waals surface area contributed by atoms with Crippen LogP contribution in [0.4, 0.5) is 5.69 Å². The minimum Gasteiger partial charge on any atom is -0.484 e. The van der Waals surface area contributed by atoms with E-state index in [1.54, 1.807) is 66.7 Å². The number of rotatable bonds is 12. The normalized spacial score (nSPS) is 12.0. The van der Waals surface area contributed by atoms with Gasteiger partial charge in [-0.3, -0.25) is 13.9 Å². The Morgan fingerprint density at radius 3 is 2.12 bits per heavy atom. The molecule has 0 radical (unpaired) electrons. The molecule has 0 heterocycles. The van der Waals surface area contributed by atoms with Crippen LogP contribution in [0.5, 0.6) is 5.75 Å². The van der Waals surface area contributed by atoms with Gasteiger partial charge in [0, 0.05) is 0 Å². The lowest BCUT2D eigenvalue weighted by molar-refractivity contribution is -0.123. The number of amides is 2. The molecule has 0 fully saturated rings. The molecule has 0 bridgehead atoms. The molecule has 0 aliphatic rings. The van der Waals surface area contributed by atoms with Gasteiger partial charge in [0.1, 0.15) is 12.3 Å². The first-order valence-corrected chi connectivity index (χ1v) is 14.7. The maximum Gasteiger partial charge on any atom is 0.264 e. The lowest BCUT2D eigenvalue weighted by atomic mass is 10.1. The molecule has 2 N–H and O–H groups in total. The van der Waals surface area contributed by atoms with Crippen molar-refractivity contribution in [2.75, 3.05) is 17.5 Å². The predicted octanol–water partition coefficient (Wildman–Crippen LogP) is 4.60. The topological polar surface area (TPSA) is 117 Å². The molecule has 0 saturated heterocycles. The van der Waals surface area contributed by atoms with Gasteiger partial charge in [-0.1, -0.05) is 66.2 Å². The van der Waals surface area contributed by atoms with E-state index in [0.717, 1.165) is 15.4 Å². The Bertz CT molecular complexity index is 1610. The third-order valence-corrected chi connectivity index (χ3v) is 8.06. The number of ether oxygens (including phenoxy) is 1. The number of carbonyl (C=O) groups excluding carboxylic acids is 2. The lowest BCUT2D eigenvalue weighted by Crippen LogP contribution is -2.39. The summed E-state index contributed by atoms with van der Waals surface area (Å²) in [5, 5.41) is 6.86. The van der Waals surface area contributed by atoms with Gasteiger partial charge in [-0.2, -0.15) is 5.10 Å². The average molecular weight is 585 g/mol. The molecular formula is C32H32N4O5S. The van der Waals surface area contributed by atoms with Crippen LogP contribution in [-0.2, 0) is 19.6 Å². The molecule has 42 heavy (non-hydrogen) atoms.